The standard InChI is InChI=1S/C10H8N4O2S/c1-6-8(13-16-12-6)4-14-5-11-7-2-3-17-9(7)10(14)15/h2-3,5H,4H2,1H3. The number of fused-ring (bicyclic) bond motifs is 1. The Morgan fingerprint density at radius 2 is 2.35 bits per heavy atom. The van der Waals surface area contributed by atoms with Crippen LogP contribution in [0.15, 0.2) is 27.2 Å². The fourth-order valence-electron chi connectivity index (χ4n) is 1.55. The van der Waals surface area contributed by atoms with E-state index in [0.29, 0.717) is 22.6 Å². The highest BCUT2D eigenvalue weighted by molar-refractivity contribution is 7.17. The summed E-state index contributed by atoms with van der Waals surface area (Å²) in [5.41, 5.74) is 1.99. The molecule has 0 aliphatic carbocycles. The Hall–Kier alpha value is -2.02. The quantitative estimate of drug-likeness (QED) is 0.681. The fraction of sp³-hybridized carbons (Fsp3) is 0.200. The molecule has 0 bridgehead atoms. The third-order valence-electron chi connectivity index (χ3n) is 2.50. The topological polar surface area (TPSA) is 73.8 Å². The SMILES string of the molecule is Cc1nonc1Cn1cnc2ccsc2c1=O. The van der Waals surface area contributed by atoms with Crippen LogP contribution in [-0.4, -0.2) is 19.9 Å². The van der Waals surface area contributed by atoms with Crippen LogP contribution in [0.3, 0.4) is 0 Å². The van der Waals surface area contributed by atoms with Crippen molar-refractivity contribution >= 4 is 21.6 Å². The van der Waals surface area contributed by atoms with E-state index in [9.17, 15) is 4.79 Å². The summed E-state index contributed by atoms with van der Waals surface area (Å²) >= 11 is 1.39. The van der Waals surface area contributed by atoms with Crippen LogP contribution in [0, 0.1) is 6.92 Å². The monoisotopic (exact) mass is 248 g/mol. The van der Waals surface area contributed by atoms with E-state index < -0.39 is 0 Å². The van der Waals surface area contributed by atoms with E-state index in [4.69, 9.17) is 0 Å². The molecule has 0 radical (unpaired) electrons. The lowest BCUT2D eigenvalue weighted by atomic mass is 10.3. The van der Waals surface area contributed by atoms with Gasteiger partial charge in [-0.05, 0) is 18.4 Å². The first-order chi connectivity index (χ1) is 8.25. The van der Waals surface area contributed by atoms with Crippen molar-refractivity contribution in [2.24, 2.45) is 0 Å². The molecule has 0 fully saturated rings. The number of hydrogen-bond donors (Lipinski definition) is 0. The molecule has 3 aromatic rings. The van der Waals surface area contributed by atoms with Gasteiger partial charge in [0.2, 0.25) is 0 Å². The zero-order valence-electron chi connectivity index (χ0n) is 8.95. The fourth-order valence-corrected chi connectivity index (χ4v) is 2.34. The third kappa shape index (κ3) is 1.64. The molecule has 7 heteroatoms. The summed E-state index contributed by atoms with van der Waals surface area (Å²) in [4.78, 5) is 16.3. The minimum atomic E-state index is -0.0626. The van der Waals surface area contributed by atoms with Gasteiger partial charge in [-0.1, -0.05) is 10.3 Å². The summed E-state index contributed by atoms with van der Waals surface area (Å²) in [5, 5.41) is 9.28. The van der Waals surface area contributed by atoms with Gasteiger partial charge in [0.15, 0.2) is 0 Å². The summed E-state index contributed by atoms with van der Waals surface area (Å²) in [6, 6.07) is 1.83. The molecular formula is C10H8N4O2S. The Morgan fingerprint density at radius 1 is 1.47 bits per heavy atom. The second-order valence-electron chi connectivity index (χ2n) is 3.61. The second-order valence-corrected chi connectivity index (χ2v) is 4.53. The predicted octanol–water partition coefficient (Wildman–Crippen LogP) is 1.20. The number of aromatic nitrogens is 4. The van der Waals surface area contributed by atoms with Crippen molar-refractivity contribution in [1.82, 2.24) is 19.9 Å². The molecule has 0 atom stereocenters. The Labute approximate surface area is 99.5 Å². The number of hydrogen-bond acceptors (Lipinski definition) is 6. The van der Waals surface area contributed by atoms with Crippen LogP contribution in [-0.2, 0) is 6.54 Å². The molecule has 0 amide bonds. The van der Waals surface area contributed by atoms with Crippen molar-refractivity contribution in [3.8, 4) is 0 Å². The molecule has 3 heterocycles. The molecule has 3 aromatic heterocycles. The maximum atomic E-state index is 12.1. The molecule has 86 valence electrons. The first-order valence-electron chi connectivity index (χ1n) is 4.96. The summed E-state index contributed by atoms with van der Waals surface area (Å²) in [7, 11) is 0. The second kappa shape index (κ2) is 3.77. The van der Waals surface area contributed by atoms with Gasteiger partial charge >= 0.3 is 0 Å². The van der Waals surface area contributed by atoms with Gasteiger partial charge in [-0.3, -0.25) is 9.36 Å². The molecule has 6 nitrogen and oxygen atoms in total. The molecule has 0 unspecified atom stereocenters. The van der Waals surface area contributed by atoms with Gasteiger partial charge in [0.05, 0.1) is 18.4 Å². The van der Waals surface area contributed by atoms with Gasteiger partial charge < -0.3 is 0 Å². The van der Waals surface area contributed by atoms with Crippen LogP contribution >= 0.6 is 11.3 Å². The van der Waals surface area contributed by atoms with Crippen molar-refractivity contribution in [2.75, 3.05) is 0 Å². The van der Waals surface area contributed by atoms with Gasteiger partial charge in [0, 0.05) is 0 Å². The lowest BCUT2D eigenvalue weighted by Gasteiger charge is -2.01. The third-order valence-corrected chi connectivity index (χ3v) is 3.39. The highest BCUT2D eigenvalue weighted by Gasteiger charge is 2.09. The first kappa shape index (κ1) is 10.2. The first-order valence-corrected chi connectivity index (χ1v) is 5.84. The predicted molar refractivity (Wildman–Crippen MR) is 62.0 cm³/mol. The minimum Gasteiger partial charge on any atom is -0.292 e. The van der Waals surface area contributed by atoms with Crippen LogP contribution in [0.25, 0.3) is 10.2 Å². The van der Waals surface area contributed by atoms with Crippen LogP contribution in [0.5, 0.6) is 0 Å². The maximum Gasteiger partial charge on any atom is 0.271 e. The number of aryl methyl sites for hydroxylation is 1. The van der Waals surface area contributed by atoms with E-state index in [2.05, 4.69) is 19.9 Å². The molecule has 0 N–H and O–H groups in total. The summed E-state index contributed by atoms with van der Waals surface area (Å²) in [6.07, 6.45) is 1.52. The average molecular weight is 248 g/mol. The van der Waals surface area contributed by atoms with Crippen LogP contribution in [0.1, 0.15) is 11.4 Å². The summed E-state index contributed by atoms with van der Waals surface area (Å²) in [6.45, 7) is 2.11. The summed E-state index contributed by atoms with van der Waals surface area (Å²) in [5.74, 6) is 0. The molecule has 0 saturated carbocycles. The molecule has 0 aliphatic heterocycles. The zero-order valence-corrected chi connectivity index (χ0v) is 9.77. The molecule has 0 spiro atoms. The van der Waals surface area contributed by atoms with Gasteiger partial charge in [0.25, 0.3) is 5.56 Å². The highest BCUT2D eigenvalue weighted by Crippen LogP contribution is 2.13. The van der Waals surface area contributed by atoms with Crippen molar-refractivity contribution < 1.29 is 4.63 Å². The number of rotatable bonds is 2. The van der Waals surface area contributed by atoms with Gasteiger partial charge in [0.1, 0.15) is 16.1 Å². The zero-order chi connectivity index (χ0) is 11.8. The van der Waals surface area contributed by atoms with E-state index in [0.717, 1.165) is 5.52 Å². The highest BCUT2D eigenvalue weighted by atomic mass is 32.1. The van der Waals surface area contributed by atoms with Crippen molar-refractivity contribution in [1.29, 1.82) is 0 Å². The van der Waals surface area contributed by atoms with Crippen LogP contribution in [0.4, 0.5) is 0 Å². The Morgan fingerprint density at radius 3 is 3.12 bits per heavy atom. The molecule has 0 aromatic carbocycles. The van der Waals surface area contributed by atoms with E-state index in [1.807, 2.05) is 11.4 Å². The largest absolute Gasteiger partial charge is 0.292 e. The molecular weight excluding hydrogens is 240 g/mol. The van der Waals surface area contributed by atoms with Crippen LogP contribution in [0.2, 0.25) is 0 Å². The average Bonchev–Trinajstić information content (AvgIpc) is 2.92. The van der Waals surface area contributed by atoms with Gasteiger partial charge in [-0.15, -0.1) is 11.3 Å². The van der Waals surface area contributed by atoms with Crippen molar-refractivity contribution in [2.45, 2.75) is 13.5 Å². The molecule has 0 saturated heterocycles. The maximum absolute atomic E-state index is 12.1. The van der Waals surface area contributed by atoms with E-state index >= 15 is 0 Å². The Bertz CT molecular complexity index is 727. The normalized spacial score (nSPS) is 11.1. The number of thiophene rings is 1. The number of nitrogens with zero attached hydrogens (tertiary/aromatic N) is 4. The molecule has 17 heavy (non-hydrogen) atoms. The van der Waals surface area contributed by atoms with E-state index in [-0.39, 0.29) is 5.56 Å². The molecule has 3 rings (SSSR count). The van der Waals surface area contributed by atoms with E-state index in [1.165, 1.54) is 22.2 Å². The lowest BCUT2D eigenvalue weighted by molar-refractivity contribution is 0.300. The minimum absolute atomic E-state index is 0.0626. The molecule has 0 aliphatic rings. The van der Waals surface area contributed by atoms with Gasteiger partial charge in [-0.25, -0.2) is 9.61 Å². The van der Waals surface area contributed by atoms with Crippen molar-refractivity contribution in [3.63, 3.8) is 0 Å². The summed E-state index contributed by atoms with van der Waals surface area (Å²) < 4.78 is 6.76. The lowest BCUT2D eigenvalue weighted by Crippen LogP contribution is -2.20. The van der Waals surface area contributed by atoms with Gasteiger partial charge in [-0.2, -0.15) is 0 Å². The Kier molecular flexibility index (Phi) is 2.25. The van der Waals surface area contributed by atoms with Crippen LogP contribution < -0.4 is 5.56 Å². The van der Waals surface area contributed by atoms with Crippen molar-refractivity contribution in [3.05, 3.63) is 39.5 Å². The van der Waals surface area contributed by atoms with E-state index in [1.54, 1.807) is 6.92 Å². The Balaban J connectivity index is 2.09. The smallest absolute Gasteiger partial charge is 0.271 e.